The lowest BCUT2D eigenvalue weighted by atomic mass is 10.2. The Bertz CT molecular complexity index is 965. The predicted octanol–water partition coefficient (Wildman–Crippen LogP) is 3.91. The third-order valence-corrected chi connectivity index (χ3v) is 5.61. The Hall–Kier alpha value is -3.00. The smallest absolute Gasteiger partial charge is 0.233 e. The molecule has 3 aromatic rings. The standard InChI is InChI=1S/C22H26N4O3S/c1-5-25(6-2)20(27)15-30-22-24-23-21(26(22)17-10-8-7-9-11-17)16-12-18(28-3)14-19(13-16)29-4/h7-14H,5-6,15H2,1-4H3. The van der Waals surface area contributed by atoms with Gasteiger partial charge in [-0.2, -0.15) is 0 Å². The number of carbonyl (C=O) groups is 1. The molecule has 30 heavy (non-hydrogen) atoms. The van der Waals surface area contributed by atoms with E-state index in [9.17, 15) is 4.79 Å². The van der Waals surface area contributed by atoms with Crippen LogP contribution in [0.15, 0.2) is 53.7 Å². The van der Waals surface area contributed by atoms with Gasteiger partial charge >= 0.3 is 0 Å². The van der Waals surface area contributed by atoms with Crippen LogP contribution in [-0.2, 0) is 4.79 Å². The third-order valence-electron chi connectivity index (χ3n) is 4.70. The highest BCUT2D eigenvalue weighted by Crippen LogP contribution is 2.32. The molecule has 7 nitrogen and oxygen atoms in total. The molecule has 1 amide bonds. The highest BCUT2D eigenvalue weighted by Gasteiger charge is 2.19. The monoisotopic (exact) mass is 426 g/mol. The largest absolute Gasteiger partial charge is 0.497 e. The van der Waals surface area contributed by atoms with Crippen molar-refractivity contribution in [3.63, 3.8) is 0 Å². The maximum absolute atomic E-state index is 12.5. The quantitative estimate of drug-likeness (QED) is 0.483. The van der Waals surface area contributed by atoms with E-state index in [4.69, 9.17) is 9.47 Å². The molecule has 8 heteroatoms. The number of carbonyl (C=O) groups excluding carboxylic acids is 1. The maximum Gasteiger partial charge on any atom is 0.233 e. The number of benzene rings is 2. The topological polar surface area (TPSA) is 69.5 Å². The van der Waals surface area contributed by atoms with Crippen molar-refractivity contribution in [3.05, 3.63) is 48.5 Å². The summed E-state index contributed by atoms with van der Waals surface area (Å²) in [6, 6.07) is 15.4. The highest BCUT2D eigenvalue weighted by molar-refractivity contribution is 7.99. The number of rotatable bonds is 9. The van der Waals surface area contributed by atoms with Gasteiger partial charge in [-0.05, 0) is 38.1 Å². The first-order valence-corrected chi connectivity index (χ1v) is 10.7. The van der Waals surface area contributed by atoms with Crippen molar-refractivity contribution in [2.45, 2.75) is 19.0 Å². The Morgan fingerprint density at radius 2 is 1.63 bits per heavy atom. The van der Waals surface area contributed by atoms with Gasteiger partial charge in [0.2, 0.25) is 5.91 Å². The van der Waals surface area contributed by atoms with Crippen LogP contribution in [0.3, 0.4) is 0 Å². The Morgan fingerprint density at radius 1 is 1.00 bits per heavy atom. The number of para-hydroxylation sites is 1. The van der Waals surface area contributed by atoms with Gasteiger partial charge in [0.25, 0.3) is 0 Å². The van der Waals surface area contributed by atoms with E-state index in [0.29, 0.717) is 41.3 Å². The van der Waals surface area contributed by atoms with E-state index in [0.717, 1.165) is 11.3 Å². The van der Waals surface area contributed by atoms with Gasteiger partial charge in [0, 0.05) is 30.4 Å². The highest BCUT2D eigenvalue weighted by atomic mass is 32.2. The van der Waals surface area contributed by atoms with Gasteiger partial charge in [-0.25, -0.2) is 0 Å². The summed E-state index contributed by atoms with van der Waals surface area (Å²) in [4.78, 5) is 14.3. The fourth-order valence-electron chi connectivity index (χ4n) is 3.09. The van der Waals surface area contributed by atoms with Gasteiger partial charge in [-0.15, -0.1) is 10.2 Å². The molecular formula is C22H26N4O3S. The van der Waals surface area contributed by atoms with Crippen molar-refractivity contribution in [2.75, 3.05) is 33.1 Å². The number of methoxy groups -OCH3 is 2. The molecule has 2 aromatic carbocycles. The SMILES string of the molecule is CCN(CC)C(=O)CSc1nnc(-c2cc(OC)cc(OC)c2)n1-c1ccccc1. The first-order valence-electron chi connectivity index (χ1n) is 9.76. The fourth-order valence-corrected chi connectivity index (χ4v) is 3.95. The summed E-state index contributed by atoms with van der Waals surface area (Å²) in [5.41, 5.74) is 1.72. The van der Waals surface area contributed by atoms with Crippen molar-refractivity contribution >= 4 is 17.7 Å². The van der Waals surface area contributed by atoms with E-state index in [2.05, 4.69) is 10.2 Å². The van der Waals surface area contributed by atoms with Crippen LogP contribution in [0.2, 0.25) is 0 Å². The molecule has 0 unspecified atom stereocenters. The van der Waals surface area contributed by atoms with Crippen LogP contribution in [0.1, 0.15) is 13.8 Å². The number of amides is 1. The summed E-state index contributed by atoms with van der Waals surface area (Å²) in [5, 5.41) is 9.47. The van der Waals surface area contributed by atoms with E-state index in [1.165, 1.54) is 11.8 Å². The van der Waals surface area contributed by atoms with E-state index in [1.54, 1.807) is 14.2 Å². The zero-order chi connectivity index (χ0) is 21.5. The van der Waals surface area contributed by atoms with Crippen molar-refractivity contribution in [3.8, 4) is 28.6 Å². The minimum absolute atomic E-state index is 0.0808. The lowest BCUT2D eigenvalue weighted by Gasteiger charge is -2.18. The van der Waals surface area contributed by atoms with E-state index < -0.39 is 0 Å². The van der Waals surface area contributed by atoms with Crippen molar-refractivity contribution in [2.24, 2.45) is 0 Å². The molecule has 0 bridgehead atoms. The first kappa shape index (κ1) is 21.7. The Kier molecular flexibility index (Phi) is 7.35. The number of aromatic nitrogens is 3. The third kappa shape index (κ3) is 4.76. The van der Waals surface area contributed by atoms with Gasteiger partial charge in [0.05, 0.1) is 20.0 Å². The first-order chi connectivity index (χ1) is 14.6. The minimum Gasteiger partial charge on any atom is -0.497 e. The molecule has 0 atom stereocenters. The lowest BCUT2D eigenvalue weighted by Crippen LogP contribution is -2.31. The molecule has 0 aliphatic rings. The molecule has 0 saturated heterocycles. The van der Waals surface area contributed by atoms with Crippen molar-refractivity contribution in [1.82, 2.24) is 19.7 Å². The number of hydrogen-bond acceptors (Lipinski definition) is 6. The molecule has 0 saturated carbocycles. The summed E-state index contributed by atoms with van der Waals surface area (Å²) >= 11 is 1.38. The van der Waals surface area contributed by atoms with Gasteiger partial charge in [-0.1, -0.05) is 30.0 Å². The molecule has 0 radical (unpaired) electrons. The average molecular weight is 427 g/mol. The number of ether oxygens (including phenoxy) is 2. The second kappa shape index (κ2) is 10.2. The van der Waals surface area contributed by atoms with E-state index in [1.807, 2.05) is 71.8 Å². The Morgan fingerprint density at radius 3 is 2.20 bits per heavy atom. The van der Waals surface area contributed by atoms with Crippen LogP contribution < -0.4 is 9.47 Å². The molecule has 0 spiro atoms. The van der Waals surface area contributed by atoms with Gasteiger partial charge in [0.1, 0.15) is 11.5 Å². The second-order valence-corrected chi connectivity index (χ2v) is 7.38. The van der Waals surface area contributed by atoms with Crippen LogP contribution in [0.5, 0.6) is 11.5 Å². The number of hydrogen-bond donors (Lipinski definition) is 0. The van der Waals surface area contributed by atoms with Crippen LogP contribution in [0.25, 0.3) is 17.1 Å². The van der Waals surface area contributed by atoms with E-state index >= 15 is 0 Å². The van der Waals surface area contributed by atoms with Gasteiger partial charge < -0.3 is 14.4 Å². The van der Waals surface area contributed by atoms with Gasteiger partial charge in [0.15, 0.2) is 11.0 Å². The molecule has 1 heterocycles. The molecule has 0 N–H and O–H groups in total. The molecule has 3 rings (SSSR count). The molecule has 0 fully saturated rings. The molecule has 158 valence electrons. The Balaban J connectivity index is 2.02. The Labute approximate surface area is 181 Å². The molecular weight excluding hydrogens is 400 g/mol. The zero-order valence-electron chi connectivity index (χ0n) is 17.7. The zero-order valence-corrected chi connectivity index (χ0v) is 18.5. The molecule has 0 aliphatic carbocycles. The summed E-state index contributed by atoms with van der Waals surface area (Å²) in [5.74, 6) is 2.36. The summed E-state index contributed by atoms with van der Waals surface area (Å²) in [6.45, 7) is 5.34. The van der Waals surface area contributed by atoms with Gasteiger partial charge in [-0.3, -0.25) is 9.36 Å². The van der Waals surface area contributed by atoms with Crippen LogP contribution >= 0.6 is 11.8 Å². The normalized spacial score (nSPS) is 10.7. The fraction of sp³-hybridized carbons (Fsp3) is 0.318. The summed E-state index contributed by atoms with van der Waals surface area (Å²) in [6.07, 6.45) is 0. The molecule has 0 aliphatic heterocycles. The molecule has 1 aromatic heterocycles. The van der Waals surface area contributed by atoms with Crippen LogP contribution in [0.4, 0.5) is 0 Å². The summed E-state index contributed by atoms with van der Waals surface area (Å²) in [7, 11) is 3.22. The number of thioether (sulfide) groups is 1. The second-order valence-electron chi connectivity index (χ2n) is 6.43. The van der Waals surface area contributed by atoms with Crippen LogP contribution in [0, 0.1) is 0 Å². The van der Waals surface area contributed by atoms with E-state index in [-0.39, 0.29) is 5.91 Å². The lowest BCUT2D eigenvalue weighted by molar-refractivity contribution is -0.127. The van der Waals surface area contributed by atoms with Crippen molar-refractivity contribution < 1.29 is 14.3 Å². The predicted molar refractivity (Wildman–Crippen MR) is 119 cm³/mol. The van der Waals surface area contributed by atoms with Crippen LogP contribution in [-0.4, -0.2) is 58.6 Å². The minimum atomic E-state index is 0.0808. The average Bonchev–Trinajstić information content (AvgIpc) is 3.22. The van der Waals surface area contributed by atoms with Crippen molar-refractivity contribution in [1.29, 1.82) is 0 Å². The number of nitrogens with zero attached hydrogens (tertiary/aromatic N) is 4. The summed E-state index contributed by atoms with van der Waals surface area (Å²) < 4.78 is 12.8. The maximum atomic E-state index is 12.5.